The third-order valence-corrected chi connectivity index (χ3v) is 5.32. The van der Waals surface area contributed by atoms with Gasteiger partial charge in [-0.2, -0.15) is 0 Å². The summed E-state index contributed by atoms with van der Waals surface area (Å²) in [5.74, 6) is 1.08. The first-order valence-electron chi connectivity index (χ1n) is 6.78. The largest absolute Gasteiger partial charge is 0.393 e. The molecule has 1 N–H and O–H groups in total. The molecule has 0 heterocycles. The van der Waals surface area contributed by atoms with Crippen molar-refractivity contribution in [3.8, 4) is 0 Å². The van der Waals surface area contributed by atoms with Gasteiger partial charge in [-0.1, -0.05) is 19.1 Å². The number of hydrogen-bond donors (Lipinski definition) is 1. The monoisotopic (exact) mass is 236 g/mol. The molecule has 0 unspecified atom stereocenters. The zero-order chi connectivity index (χ0) is 12.6. The van der Waals surface area contributed by atoms with E-state index >= 15 is 0 Å². The molecule has 2 fully saturated rings. The van der Waals surface area contributed by atoms with Crippen LogP contribution in [0.25, 0.3) is 0 Å². The number of hydrogen-bond acceptors (Lipinski definition) is 2. The van der Waals surface area contributed by atoms with Crippen LogP contribution >= 0.6 is 0 Å². The highest BCUT2D eigenvalue weighted by Gasteiger charge is 2.51. The molecule has 1 spiro atoms. The molecule has 5 atom stereocenters. The number of aliphatic hydroxyl groups excluding tert-OH is 1. The van der Waals surface area contributed by atoms with Crippen LogP contribution in [0, 0.1) is 23.2 Å². The summed E-state index contributed by atoms with van der Waals surface area (Å²) >= 11 is 0. The molecule has 2 heteroatoms. The molecule has 0 saturated heterocycles. The molecule has 0 aromatic heterocycles. The summed E-state index contributed by atoms with van der Waals surface area (Å²) in [6, 6.07) is 0. The van der Waals surface area contributed by atoms with Gasteiger partial charge in [0.15, 0.2) is 0 Å². The van der Waals surface area contributed by atoms with E-state index in [1.165, 1.54) is 12.0 Å². The molecular formula is C15H24O2. The van der Waals surface area contributed by atoms with Gasteiger partial charge in [0.1, 0.15) is 6.29 Å². The summed E-state index contributed by atoms with van der Waals surface area (Å²) in [6.45, 7) is 8.38. The van der Waals surface area contributed by atoms with Crippen LogP contribution in [0.15, 0.2) is 12.2 Å². The predicted octanol–water partition coefficient (Wildman–Crippen LogP) is 2.95. The third kappa shape index (κ3) is 2.08. The fourth-order valence-electron chi connectivity index (χ4n) is 4.13. The van der Waals surface area contributed by atoms with Crippen molar-refractivity contribution in [1.82, 2.24) is 0 Å². The van der Waals surface area contributed by atoms with E-state index in [1.807, 2.05) is 0 Å². The van der Waals surface area contributed by atoms with Crippen LogP contribution in [0.3, 0.4) is 0 Å². The third-order valence-electron chi connectivity index (χ3n) is 5.32. The molecule has 0 aliphatic heterocycles. The molecule has 0 amide bonds. The Kier molecular flexibility index (Phi) is 3.44. The van der Waals surface area contributed by atoms with Crippen LogP contribution in [0.1, 0.15) is 46.0 Å². The quantitative estimate of drug-likeness (QED) is 0.591. The number of carbonyl (C=O) groups is 1. The van der Waals surface area contributed by atoms with Crippen molar-refractivity contribution in [2.75, 3.05) is 0 Å². The molecular weight excluding hydrogens is 212 g/mol. The predicted molar refractivity (Wildman–Crippen MR) is 68.5 cm³/mol. The molecule has 2 nitrogen and oxygen atoms in total. The maximum Gasteiger partial charge on any atom is 0.123 e. The maximum absolute atomic E-state index is 11.4. The number of carbonyl (C=O) groups excluding carboxylic acids is 1. The van der Waals surface area contributed by atoms with E-state index in [0.29, 0.717) is 18.3 Å². The van der Waals surface area contributed by atoms with E-state index in [1.54, 1.807) is 0 Å². The first-order chi connectivity index (χ1) is 7.99. The minimum Gasteiger partial charge on any atom is -0.393 e. The van der Waals surface area contributed by atoms with Crippen molar-refractivity contribution in [3.63, 3.8) is 0 Å². The van der Waals surface area contributed by atoms with E-state index in [0.717, 1.165) is 25.5 Å². The number of allylic oxidation sites excluding steroid dienone is 1. The van der Waals surface area contributed by atoms with Crippen LogP contribution in [-0.4, -0.2) is 17.5 Å². The second-order valence-corrected chi connectivity index (χ2v) is 6.29. The number of aldehydes is 1. The number of aliphatic hydroxyl groups is 1. The van der Waals surface area contributed by atoms with Crippen molar-refractivity contribution in [2.45, 2.75) is 52.1 Å². The highest BCUT2D eigenvalue weighted by molar-refractivity contribution is 5.56. The molecule has 2 rings (SSSR count). The first kappa shape index (κ1) is 12.8. The minimum absolute atomic E-state index is 0.0469. The Morgan fingerprint density at radius 1 is 1.47 bits per heavy atom. The summed E-state index contributed by atoms with van der Waals surface area (Å²) < 4.78 is 0. The summed E-state index contributed by atoms with van der Waals surface area (Å²) in [4.78, 5) is 11.4. The van der Waals surface area contributed by atoms with Crippen molar-refractivity contribution in [2.24, 2.45) is 23.2 Å². The van der Waals surface area contributed by atoms with Gasteiger partial charge < -0.3 is 9.90 Å². The van der Waals surface area contributed by atoms with Crippen LogP contribution < -0.4 is 0 Å². The van der Waals surface area contributed by atoms with Gasteiger partial charge in [-0.05, 0) is 56.3 Å². The molecule has 0 aromatic rings. The molecule has 0 bridgehead atoms. The topological polar surface area (TPSA) is 37.3 Å². The molecule has 0 aromatic carbocycles. The Morgan fingerprint density at radius 3 is 2.71 bits per heavy atom. The van der Waals surface area contributed by atoms with Gasteiger partial charge in [0.25, 0.3) is 0 Å². The Bertz CT molecular complexity index is 323. The van der Waals surface area contributed by atoms with Gasteiger partial charge in [-0.3, -0.25) is 0 Å². The highest BCUT2D eigenvalue weighted by atomic mass is 16.3. The summed E-state index contributed by atoms with van der Waals surface area (Å²) in [6.07, 6.45) is 5.72. The lowest BCUT2D eigenvalue weighted by atomic mass is 9.59. The molecule has 2 aliphatic rings. The van der Waals surface area contributed by atoms with Crippen LogP contribution in [0.5, 0.6) is 0 Å². The Hall–Kier alpha value is -0.630. The van der Waals surface area contributed by atoms with Gasteiger partial charge in [0, 0.05) is 5.92 Å². The van der Waals surface area contributed by atoms with Crippen molar-refractivity contribution < 1.29 is 9.90 Å². The number of rotatable bonds is 2. The normalized spacial score (nSPS) is 46.1. The second kappa shape index (κ2) is 4.56. The Balaban J connectivity index is 2.22. The van der Waals surface area contributed by atoms with Crippen molar-refractivity contribution in [1.29, 1.82) is 0 Å². The van der Waals surface area contributed by atoms with Gasteiger partial charge >= 0.3 is 0 Å². The van der Waals surface area contributed by atoms with E-state index in [9.17, 15) is 9.90 Å². The van der Waals surface area contributed by atoms with Crippen molar-refractivity contribution in [3.05, 3.63) is 12.2 Å². The van der Waals surface area contributed by atoms with Gasteiger partial charge in [-0.15, -0.1) is 0 Å². The van der Waals surface area contributed by atoms with E-state index in [4.69, 9.17) is 0 Å². The average Bonchev–Trinajstić information content (AvgIpc) is 2.70. The van der Waals surface area contributed by atoms with E-state index < -0.39 is 0 Å². The van der Waals surface area contributed by atoms with Crippen LogP contribution in [0.4, 0.5) is 0 Å². The fourth-order valence-corrected chi connectivity index (χ4v) is 4.13. The first-order valence-corrected chi connectivity index (χ1v) is 6.78. The van der Waals surface area contributed by atoms with Crippen LogP contribution in [-0.2, 0) is 4.79 Å². The highest BCUT2D eigenvalue weighted by Crippen LogP contribution is 2.57. The standard InChI is InChI=1S/C15H24O2/c1-10(2)12-4-5-15(8-12)11(3)6-14(17)7-13(15)9-16/h9,11-14,17H,1,4-8H2,2-3H3/t11-,12-,13-,14-,15-/m1/s1. The smallest absolute Gasteiger partial charge is 0.123 e. The lowest BCUT2D eigenvalue weighted by molar-refractivity contribution is -0.123. The molecule has 2 aliphatic carbocycles. The summed E-state index contributed by atoms with van der Waals surface area (Å²) in [7, 11) is 0. The molecule has 0 radical (unpaired) electrons. The van der Waals surface area contributed by atoms with Gasteiger partial charge in [-0.25, -0.2) is 0 Å². The Morgan fingerprint density at radius 2 is 2.18 bits per heavy atom. The summed E-state index contributed by atoms with van der Waals surface area (Å²) in [5, 5.41) is 9.82. The zero-order valence-corrected chi connectivity index (χ0v) is 11.0. The van der Waals surface area contributed by atoms with E-state index in [-0.39, 0.29) is 17.4 Å². The second-order valence-electron chi connectivity index (χ2n) is 6.29. The van der Waals surface area contributed by atoms with Crippen LogP contribution in [0.2, 0.25) is 0 Å². The molecule has 96 valence electrons. The average molecular weight is 236 g/mol. The fraction of sp³-hybridized carbons (Fsp3) is 0.800. The van der Waals surface area contributed by atoms with Gasteiger partial charge in [0.2, 0.25) is 0 Å². The molecule has 2 saturated carbocycles. The minimum atomic E-state index is -0.283. The SMILES string of the molecule is C=C(C)[C@@H]1CC[C@@]2(C1)[C@H](C)C[C@@H](O)C[C@@H]2C=O. The zero-order valence-electron chi connectivity index (χ0n) is 11.0. The lowest BCUT2D eigenvalue weighted by Gasteiger charge is -2.46. The van der Waals surface area contributed by atoms with Gasteiger partial charge in [0.05, 0.1) is 6.10 Å². The summed E-state index contributed by atoms with van der Waals surface area (Å²) in [5.41, 5.74) is 1.40. The lowest BCUT2D eigenvalue weighted by Crippen LogP contribution is -2.43. The molecule has 17 heavy (non-hydrogen) atoms. The maximum atomic E-state index is 11.4. The van der Waals surface area contributed by atoms with E-state index in [2.05, 4.69) is 20.4 Å². The van der Waals surface area contributed by atoms with Crippen molar-refractivity contribution >= 4 is 6.29 Å². The Labute approximate surface area is 104 Å².